The molecular formula is C11H18F3NO. The maximum absolute atomic E-state index is 12.5. The van der Waals surface area contributed by atoms with E-state index >= 15 is 0 Å². The summed E-state index contributed by atoms with van der Waals surface area (Å²) >= 11 is 0. The van der Waals surface area contributed by atoms with Crippen molar-refractivity contribution in [3.8, 4) is 0 Å². The van der Waals surface area contributed by atoms with Crippen LogP contribution in [0.4, 0.5) is 13.2 Å². The first-order valence-electron chi connectivity index (χ1n) is 5.68. The van der Waals surface area contributed by atoms with E-state index in [0.29, 0.717) is 25.8 Å². The smallest absolute Gasteiger partial charge is 0.303 e. The number of likely N-dealkylation sites (tertiary alicyclic amines) is 1. The Hall–Kier alpha value is -0.580. The quantitative estimate of drug-likeness (QED) is 0.749. The molecule has 0 aromatic carbocycles. The lowest BCUT2D eigenvalue weighted by Gasteiger charge is -2.33. The number of carbonyl (C=O) groups excluding carboxylic acids is 1. The fourth-order valence-electron chi connectivity index (χ4n) is 2.08. The van der Waals surface area contributed by atoms with Crippen LogP contribution in [0.1, 0.15) is 32.6 Å². The molecule has 0 bridgehead atoms. The van der Waals surface area contributed by atoms with E-state index in [1.165, 1.54) is 6.92 Å². The van der Waals surface area contributed by atoms with Gasteiger partial charge >= 0.3 is 6.18 Å². The summed E-state index contributed by atoms with van der Waals surface area (Å²) in [7, 11) is 0. The molecule has 0 N–H and O–H groups in total. The van der Waals surface area contributed by atoms with Crippen molar-refractivity contribution in [1.82, 2.24) is 4.90 Å². The first-order chi connectivity index (χ1) is 7.39. The summed E-state index contributed by atoms with van der Waals surface area (Å²) in [5.41, 5.74) is 0. The van der Waals surface area contributed by atoms with Crippen molar-refractivity contribution in [3.63, 3.8) is 0 Å². The van der Waals surface area contributed by atoms with Gasteiger partial charge in [0.25, 0.3) is 0 Å². The number of ketones is 1. The molecule has 94 valence electrons. The van der Waals surface area contributed by atoms with Gasteiger partial charge in [-0.1, -0.05) is 0 Å². The SMILES string of the molecule is CC(=O)CCCN1CCCC(C(F)(F)F)C1. The molecule has 1 rings (SSSR count). The first kappa shape index (κ1) is 13.5. The molecule has 0 spiro atoms. The fraction of sp³-hybridized carbons (Fsp3) is 0.909. The number of hydrogen-bond acceptors (Lipinski definition) is 2. The number of carbonyl (C=O) groups is 1. The Labute approximate surface area is 93.8 Å². The summed E-state index contributed by atoms with van der Waals surface area (Å²) < 4.78 is 37.5. The van der Waals surface area contributed by atoms with Crippen LogP contribution in [-0.4, -0.2) is 36.5 Å². The zero-order valence-electron chi connectivity index (χ0n) is 9.52. The number of hydrogen-bond donors (Lipinski definition) is 0. The Bertz CT molecular complexity index is 240. The van der Waals surface area contributed by atoms with Gasteiger partial charge in [-0.05, 0) is 39.3 Å². The Kier molecular flexibility index (Phi) is 4.77. The molecule has 5 heteroatoms. The lowest BCUT2D eigenvalue weighted by molar-refractivity contribution is -0.186. The van der Waals surface area contributed by atoms with Gasteiger partial charge < -0.3 is 9.69 Å². The van der Waals surface area contributed by atoms with Crippen LogP contribution in [0.5, 0.6) is 0 Å². The number of nitrogens with zero attached hydrogens (tertiary/aromatic N) is 1. The van der Waals surface area contributed by atoms with Crippen LogP contribution in [0, 0.1) is 5.92 Å². The lowest BCUT2D eigenvalue weighted by Crippen LogP contribution is -2.42. The van der Waals surface area contributed by atoms with Gasteiger partial charge in [0.1, 0.15) is 5.78 Å². The molecule has 1 unspecified atom stereocenters. The van der Waals surface area contributed by atoms with Crippen molar-refractivity contribution >= 4 is 5.78 Å². The molecule has 0 aliphatic carbocycles. The molecule has 2 nitrogen and oxygen atoms in total. The van der Waals surface area contributed by atoms with E-state index in [0.717, 1.165) is 6.54 Å². The van der Waals surface area contributed by atoms with Gasteiger partial charge in [0.2, 0.25) is 0 Å². The average Bonchev–Trinajstić information content (AvgIpc) is 2.16. The molecule has 0 aromatic heterocycles. The molecule has 0 saturated carbocycles. The molecular weight excluding hydrogens is 219 g/mol. The average molecular weight is 237 g/mol. The summed E-state index contributed by atoms with van der Waals surface area (Å²) in [5.74, 6) is -1.08. The molecule has 0 aromatic rings. The van der Waals surface area contributed by atoms with Crippen molar-refractivity contribution in [2.24, 2.45) is 5.92 Å². The number of alkyl halides is 3. The van der Waals surface area contributed by atoms with Crippen LogP contribution < -0.4 is 0 Å². The zero-order valence-corrected chi connectivity index (χ0v) is 9.52. The number of halogens is 3. The molecule has 1 aliphatic heterocycles. The van der Waals surface area contributed by atoms with Crippen LogP contribution in [0.25, 0.3) is 0 Å². The van der Waals surface area contributed by atoms with Gasteiger partial charge in [-0.25, -0.2) is 0 Å². The van der Waals surface area contributed by atoms with Crippen LogP contribution >= 0.6 is 0 Å². The van der Waals surface area contributed by atoms with E-state index in [1.54, 1.807) is 0 Å². The molecule has 0 amide bonds. The van der Waals surface area contributed by atoms with Gasteiger partial charge in [0.05, 0.1) is 5.92 Å². The standard InChI is InChI=1S/C11H18F3NO/c1-9(16)4-2-6-15-7-3-5-10(8-15)11(12,13)14/h10H,2-8H2,1H3. The first-order valence-corrected chi connectivity index (χ1v) is 5.68. The molecule has 1 aliphatic rings. The normalized spacial score (nSPS) is 23.4. The third kappa shape index (κ3) is 4.51. The summed E-state index contributed by atoms with van der Waals surface area (Å²) in [5, 5.41) is 0. The topological polar surface area (TPSA) is 20.3 Å². The highest BCUT2D eigenvalue weighted by molar-refractivity contribution is 5.75. The highest BCUT2D eigenvalue weighted by Crippen LogP contribution is 2.33. The maximum atomic E-state index is 12.5. The van der Waals surface area contributed by atoms with Gasteiger partial charge in [-0.15, -0.1) is 0 Å². The van der Waals surface area contributed by atoms with Crippen molar-refractivity contribution < 1.29 is 18.0 Å². The predicted octanol–water partition coefficient (Wildman–Crippen LogP) is 2.63. The van der Waals surface area contributed by atoms with Crippen molar-refractivity contribution in [3.05, 3.63) is 0 Å². The fourth-order valence-corrected chi connectivity index (χ4v) is 2.08. The summed E-state index contributed by atoms with van der Waals surface area (Å²) in [6, 6.07) is 0. The minimum atomic E-state index is -4.07. The Morgan fingerprint density at radius 1 is 1.44 bits per heavy atom. The highest BCUT2D eigenvalue weighted by atomic mass is 19.4. The molecule has 16 heavy (non-hydrogen) atoms. The molecule has 0 radical (unpaired) electrons. The van der Waals surface area contributed by atoms with Crippen LogP contribution in [0.2, 0.25) is 0 Å². The second-order valence-corrected chi connectivity index (χ2v) is 4.49. The maximum Gasteiger partial charge on any atom is 0.393 e. The van der Waals surface area contributed by atoms with E-state index in [2.05, 4.69) is 0 Å². The van der Waals surface area contributed by atoms with Gasteiger partial charge in [0, 0.05) is 13.0 Å². The molecule has 1 heterocycles. The Morgan fingerprint density at radius 3 is 2.69 bits per heavy atom. The van der Waals surface area contributed by atoms with Gasteiger partial charge in [-0.3, -0.25) is 0 Å². The van der Waals surface area contributed by atoms with E-state index in [-0.39, 0.29) is 18.7 Å². The second kappa shape index (κ2) is 5.66. The van der Waals surface area contributed by atoms with Crippen molar-refractivity contribution in [2.45, 2.75) is 38.8 Å². The monoisotopic (exact) mass is 237 g/mol. The van der Waals surface area contributed by atoms with Crippen LogP contribution in [-0.2, 0) is 4.79 Å². The van der Waals surface area contributed by atoms with E-state index in [9.17, 15) is 18.0 Å². The highest BCUT2D eigenvalue weighted by Gasteiger charge is 2.41. The summed E-state index contributed by atoms with van der Waals surface area (Å²) in [6.45, 7) is 2.94. The molecule has 1 fully saturated rings. The predicted molar refractivity (Wildman–Crippen MR) is 55.1 cm³/mol. The molecule has 1 atom stereocenters. The summed E-state index contributed by atoms with van der Waals surface area (Å²) in [6.07, 6.45) is -2.09. The van der Waals surface area contributed by atoms with Gasteiger partial charge in [-0.2, -0.15) is 13.2 Å². The Morgan fingerprint density at radius 2 is 2.12 bits per heavy atom. The van der Waals surface area contributed by atoms with Crippen LogP contribution in [0.15, 0.2) is 0 Å². The molecule has 1 saturated heterocycles. The minimum Gasteiger partial charge on any atom is -0.303 e. The number of Topliss-reactive ketones (excluding diaryl/α,β-unsaturated/α-hetero) is 1. The zero-order chi connectivity index (χ0) is 12.2. The number of rotatable bonds is 4. The largest absolute Gasteiger partial charge is 0.393 e. The lowest BCUT2D eigenvalue weighted by atomic mass is 9.97. The third-order valence-corrected chi connectivity index (χ3v) is 2.97. The van der Waals surface area contributed by atoms with E-state index in [1.807, 2.05) is 4.90 Å². The third-order valence-electron chi connectivity index (χ3n) is 2.97. The van der Waals surface area contributed by atoms with E-state index in [4.69, 9.17) is 0 Å². The minimum absolute atomic E-state index is 0.0986. The van der Waals surface area contributed by atoms with Gasteiger partial charge in [0.15, 0.2) is 0 Å². The second-order valence-electron chi connectivity index (χ2n) is 4.49. The van der Waals surface area contributed by atoms with Crippen LogP contribution in [0.3, 0.4) is 0 Å². The van der Waals surface area contributed by atoms with Crippen molar-refractivity contribution in [2.75, 3.05) is 19.6 Å². The number of piperidine rings is 1. The summed E-state index contributed by atoms with van der Waals surface area (Å²) in [4.78, 5) is 12.5. The Balaban J connectivity index is 2.31. The van der Waals surface area contributed by atoms with Crippen molar-refractivity contribution in [1.29, 1.82) is 0 Å². The van der Waals surface area contributed by atoms with E-state index < -0.39 is 12.1 Å².